The molecule has 3 saturated heterocycles. The van der Waals surface area contributed by atoms with Crippen LogP contribution in [0.5, 0.6) is 0 Å². The number of rotatable bonds is 5. The number of piperidine rings is 1. The topological polar surface area (TPSA) is 70.2 Å². The molecular formula is C21H31N3O4S. The number of hydrogen-bond acceptors (Lipinski definition) is 5. The van der Waals surface area contributed by atoms with Crippen LogP contribution < -0.4 is 0 Å². The second kappa shape index (κ2) is 7.65. The Bertz CT molecular complexity index is 880. The van der Waals surface area contributed by atoms with Crippen LogP contribution in [0.1, 0.15) is 18.4 Å². The Kier molecular flexibility index (Phi) is 5.48. The first-order chi connectivity index (χ1) is 13.8. The van der Waals surface area contributed by atoms with Gasteiger partial charge in [0.2, 0.25) is 15.9 Å². The number of fused-ring (bicyclic) bond motifs is 2. The van der Waals surface area contributed by atoms with Crippen molar-refractivity contribution >= 4 is 15.9 Å². The molecule has 3 aliphatic rings. The van der Waals surface area contributed by atoms with Crippen LogP contribution in [-0.4, -0.2) is 87.5 Å². The molecule has 4 rings (SSSR count). The SMILES string of the molecule is COCCN1C[C@@H]2C(=O)N(C)C3(CCN(S(=O)(=O)c4cccc(C)c4)CC3)[C@@H]2C1. The Hall–Kier alpha value is -1.48. The van der Waals surface area contributed by atoms with E-state index in [1.165, 1.54) is 0 Å². The quantitative estimate of drug-likeness (QED) is 0.714. The van der Waals surface area contributed by atoms with Crippen LogP contribution in [0.3, 0.4) is 0 Å². The Balaban J connectivity index is 1.51. The summed E-state index contributed by atoms with van der Waals surface area (Å²) < 4.78 is 33.0. The zero-order valence-electron chi connectivity index (χ0n) is 17.5. The number of amides is 1. The van der Waals surface area contributed by atoms with Gasteiger partial charge in [0.1, 0.15) is 0 Å². The number of hydrogen-bond donors (Lipinski definition) is 0. The van der Waals surface area contributed by atoms with Crippen LogP contribution in [-0.2, 0) is 19.6 Å². The average molecular weight is 422 g/mol. The number of carbonyl (C=O) groups is 1. The van der Waals surface area contributed by atoms with Crippen molar-refractivity contribution < 1.29 is 17.9 Å². The van der Waals surface area contributed by atoms with Gasteiger partial charge in [-0.25, -0.2) is 8.42 Å². The van der Waals surface area contributed by atoms with Crippen LogP contribution in [0.4, 0.5) is 0 Å². The van der Waals surface area contributed by atoms with Crippen molar-refractivity contribution in [3.63, 3.8) is 0 Å². The number of benzene rings is 1. The normalized spacial score (nSPS) is 27.7. The first kappa shape index (κ1) is 20.8. The highest BCUT2D eigenvalue weighted by molar-refractivity contribution is 7.89. The molecule has 0 unspecified atom stereocenters. The molecule has 1 aromatic rings. The number of ether oxygens (including phenoxy) is 1. The highest BCUT2D eigenvalue weighted by Gasteiger charge is 2.60. The minimum absolute atomic E-state index is 0.0248. The van der Waals surface area contributed by atoms with Gasteiger partial charge in [-0.3, -0.25) is 9.69 Å². The van der Waals surface area contributed by atoms with Crippen molar-refractivity contribution in [1.82, 2.24) is 14.1 Å². The monoisotopic (exact) mass is 421 g/mol. The third-order valence-corrected chi connectivity index (χ3v) is 9.12. The molecule has 0 radical (unpaired) electrons. The van der Waals surface area contributed by atoms with Gasteiger partial charge in [-0.05, 0) is 37.5 Å². The zero-order chi connectivity index (χ0) is 20.8. The highest BCUT2D eigenvalue weighted by atomic mass is 32.2. The van der Waals surface area contributed by atoms with Gasteiger partial charge in [0.05, 0.1) is 17.4 Å². The van der Waals surface area contributed by atoms with Gasteiger partial charge in [-0.2, -0.15) is 4.31 Å². The molecule has 0 bridgehead atoms. The van der Waals surface area contributed by atoms with Gasteiger partial charge in [0.15, 0.2) is 0 Å². The summed E-state index contributed by atoms with van der Waals surface area (Å²) in [4.78, 5) is 17.6. The minimum atomic E-state index is -3.50. The van der Waals surface area contributed by atoms with Gasteiger partial charge < -0.3 is 9.64 Å². The van der Waals surface area contributed by atoms with Crippen molar-refractivity contribution in [2.75, 3.05) is 53.5 Å². The lowest BCUT2D eigenvalue weighted by Gasteiger charge is -2.46. The number of methoxy groups -OCH3 is 1. The molecule has 1 spiro atoms. The molecule has 0 aliphatic carbocycles. The maximum absolute atomic E-state index is 13.1. The van der Waals surface area contributed by atoms with Crippen molar-refractivity contribution in [3.8, 4) is 0 Å². The standard InChI is InChI=1S/C21H31N3O4S/c1-16-5-4-6-17(13-16)29(26,27)24-9-7-21(8-10-24)19-15-23(11-12-28-3)14-18(19)20(25)22(21)2/h4-6,13,18-19H,7-12,14-15H2,1-3H3/t18-,19+/m0/s1. The minimum Gasteiger partial charge on any atom is -0.383 e. The molecule has 2 atom stereocenters. The summed E-state index contributed by atoms with van der Waals surface area (Å²) >= 11 is 0. The van der Waals surface area contributed by atoms with Crippen molar-refractivity contribution in [1.29, 1.82) is 0 Å². The Morgan fingerprint density at radius 1 is 1.21 bits per heavy atom. The second-order valence-electron chi connectivity index (χ2n) is 8.69. The average Bonchev–Trinajstić information content (AvgIpc) is 3.22. The van der Waals surface area contributed by atoms with Gasteiger partial charge in [-0.15, -0.1) is 0 Å². The smallest absolute Gasteiger partial charge is 0.243 e. The molecule has 160 valence electrons. The van der Waals surface area contributed by atoms with E-state index in [-0.39, 0.29) is 23.3 Å². The van der Waals surface area contributed by atoms with Crippen LogP contribution in [0.2, 0.25) is 0 Å². The maximum Gasteiger partial charge on any atom is 0.243 e. The van der Waals surface area contributed by atoms with Crippen LogP contribution >= 0.6 is 0 Å². The zero-order valence-corrected chi connectivity index (χ0v) is 18.3. The first-order valence-corrected chi connectivity index (χ1v) is 11.8. The molecule has 0 saturated carbocycles. The van der Waals surface area contributed by atoms with Crippen molar-refractivity contribution in [2.24, 2.45) is 11.8 Å². The van der Waals surface area contributed by atoms with Gasteiger partial charge in [0, 0.05) is 58.3 Å². The van der Waals surface area contributed by atoms with E-state index in [4.69, 9.17) is 4.74 Å². The fourth-order valence-electron chi connectivity index (χ4n) is 5.54. The summed E-state index contributed by atoms with van der Waals surface area (Å²) in [5.74, 6) is 0.502. The van der Waals surface area contributed by atoms with E-state index >= 15 is 0 Å². The highest BCUT2D eigenvalue weighted by Crippen LogP contribution is 2.49. The summed E-state index contributed by atoms with van der Waals surface area (Å²) in [6.45, 7) is 5.98. The third-order valence-electron chi connectivity index (χ3n) is 7.23. The van der Waals surface area contributed by atoms with E-state index < -0.39 is 10.0 Å². The van der Waals surface area contributed by atoms with Crippen LogP contribution in [0, 0.1) is 18.8 Å². The molecule has 7 nitrogen and oxygen atoms in total. The Morgan fingerprint density at radius 3 is 2.59 bits per heavy atom. The van der Waals surface area contributed by atoms with Crippen LogP contribution in [0.25, 0.3) is 0 Å². The molecule has 3 fully saturated rings. The van der Waals surface area contributed by atoms with Crippen molar-refractivity contribution in [2.45, 2.75) is 30.2 Å². The third kappa shape index (κ3) is 3.40. The lowest BCUT2D eigenvalue weighted by atomic mass is 9.75. The molecule has 0 aromatic heterocycles. The fraction of sp³-hybridized carbons (Fsp3) is 0.667. The summed E-state index contributed by atoms with van der Waals surface area (Å²) in [6, 6.07) is 7.08. The summed E-state index contributed by atoms with van der Waals surface area (Å²) in [5, 5.41) is 0. The van der Waals surface area contributed by atoms with E-state index in [0.717, 1.165) is 25.2 Å². The van der Waals surface area contributed by atoms with E-state index in [9.17, 15) is 13.2 Å². The molecule has 29 heavy (non-hydrogen) atoms. The maximum atomic E-state index is 13.1. The fourth-order valence-corrected chi connectivity index (χ4v) is 7.09. The predicted octanol–water partition coefficient (Wildman–Crippen LogP) is 1.18. The largest absolute Gasteiger partial charge is 0.383 e. The van der Waals surface area contributed by atoms with E-state index in [1.54, 1.807) is 29.6 Å². The summed E-state index contributed by atoms with van der Waals surface area (Å²) in [7, 11) is 0.100. The lowest BCUT2D eigenvalue weighted by molar-refractivity contribution is -0.133. The molecular weight excluding hydrogens is 390 g/mol. The molecule has 3 heterocycles. The lowest BCUT2D eigenvalue weighted by Crippen LogP contribution is -2.56. The Morgan fingerprint density at radius 2 is 1.93 bits per heavy atom. The van der Waals surface area contributed by atoms with E-state index in [0.29, 0.717) is 37.4 Å². The number of aryl methyl sites for hydroxylation is 1. The molecule has 0 N–H and O–H groups in total. The summed E-state index contributed by atoms with van der Waals surface area (Å²) in [6.07, 6.45) is 1.39. The number of likely N-dealkylation sites (tertiary alicyclic amines) is 2. The van der Waals surface area contributed by atoms with Gasteiger partial charge >= 0.3 is 0 Å². The molecule has 1 amide bonds. The Labute approximate surface area is 173 Å². The number of sulfonamides is 1. The van der Waals surface area contributed by atoms with E-state index in [2.05, 4.69) is 4.90 Å². The van der Waals surface area contributed by atoms with Gasteiger partial charge in [-0.1, -0.05) is 12.1 Å². The second-order valence-corrected chi connectivity index (χ2v) is 10.6. The molecule has 3 aliphatic heterocycles. The number of carbonyl (C=O) groups excluding carboxylic acids is 1. The number of nitrogens with zero attached hydrogens (tertiary/aromatic N) is 3. The van der Waals surface area contributed by atoms with Crippen molar-refractivity contribution in [3.05, 3.63) is 29.8 Å². The van der Waals surface area contributed by atoms with Gasteiger partial charge in [0.25, 0.3) is 0 Å². The first-order valence-electron chi connectivity index (χ1n) is 10.4. The molecule has 8 heteroatoms. The van der Waals surface area contributed by atoms with E-state index in [1.807, 2.05) is 24.9 Å². The summed E-state index contributed by atoms with van der Waals surface area (Å²) in [5.41, 5.74) is 0.702. The molecule has 1 aromatic carbocycles. The predicted molar refractivity (Wildman–Crippen MR) is 110 cm³/mol. The van der Waals surface area contributed by atoms with Crippen LogP contribution in [0.15, 0.2) is 29.2 Å².